The number of methoxy groups -OCH3 is 1. The van der Waals surface area contributed by atoms with Gasteiger partial charge in [0.2, 0.25) is 5.13 Å². The van der Waals surface area contributed by atoms with Crippen LogP contribution in [0.5, 0.6) is 5.75 Å². The van der Waals surface area contributed by atoms with Crippen molar-refractivity contribution in [1.29, 1.82) is 0 Å². The Kier molecular flexibility index (Phi) is 5.81. The summed E-state index contributed by atoms with van der Waals surface area (Å²) in [6, 6.07) is 13.2. The Balaban J connectivity index is 1.91. The van der Waals surface area contributed by atoms with E-state index in [0.717, 1.165) is 11.3 Å². The van der Waals surface area contributed by atoms with Crippen molar-refractivity contribution in [1.82, 2.24) is 10.2 Å². The zero-order valence-electron chi connectivity index (χ0n) is 15.3. The first-order chi connectivity index (χ1) is 13.0. The van der Waals surface area contributed by atoms with Crippen molar-refractivity contribution in [2.24, 2.45) is 5.92 Å². The third-order valence-electron chi connectivity index (χ3n) is 3.85. The minimum Gasteiger partial charge on any atom is -0.497 e. The average Bonchev–Trinajstić information content (AvgIpc) is 3.15. The van der Waals surface area contributed by atoms with E-state index in [9.17, 15) is 9.18 Å². The predicted molar refractivity (Wildman–Crippen MR) is 105 cm³/mol. The van der Waals surface area contributed by atoms with Crippen molar-refractivity contribution in [3.63, 3.8) is 0 Å². The van der Waals surface area contributed by atoms with Crippen LogP contribution in [-0.2, 0) is 0 Å². The summed E-state index contributed by atoms with van der Waals surface area (Å²) in [7, 11) is 1.61. The molecular weight excluding hydrogens is 365 g/mol. The van der Waals surface area contributed by atoms with E-state index in [4.69, 9.17) is 4.74 Å². The maximum atomic E-state index is 13.5. The smallest absolute Gasteiger partial charge is 0.260 e. The number of anilines is 1. The van der Waals surface area contributed by atoms with E-state index in [-0.39, 0.29) is 17.4 Å². The van der Waals surface area contributed by atoms with E-state index in [2.05, 4.69) is 10.2 Å². The number of amides is 1. The third kappa shape index (κ3) is 4.49. The molecule has 27 heavy (non-hydrogen) atoms. The summed E-state index contributed by atoms with van der Waals surface area (Å²) in [5, 5.41) is 9.62. The summed E-state index contributed by atoms with van der Waals surface area (Å²) in [4.78, 5) is 14.5. The highest BCUT2D eigenvalue weighted by molar-refractivity contribution is 7.18. The molecule has 140 valence electrons. The Hall–Kier alpha value is -2.80. The number of hydrogen-bond acceptors (Lipinski definition) is 5. The topological polar surface area (TPSA) is 55.3 Å². The van der Waals surface area contributed by atoms with Crippen LogP contribution >= 0.6 is 11.3 Å². The van der Waals surface area contributed by atoms with Crippen molar-refractivity contribution in [3.05, 3.63) is 59.9 Å². The summed E-state index contributed by atoms with van der Waals surface area (Å²) >= 11 is 1.33. The van der Waals surface area contributed by atoms with Crippen LogP contribution in [0.25, 0.3) is 10.6 Å². The fourth-order valence-corrected chi connectivity index (χ4v) is 3.42. The number of carbonyl (C=O) groups is 1. The molecule has 0 N–H and O–H groups in total. The zero-order chi connectivity index (χ0) is 19.4. The lowest BCUT2D eigenvalue weighted by molar-refractivity contribution is 0.0983. The lowest BCUT2D eigenvalue weighted by atomic mass is 10.1. The van der Waals surface area contributed by atoms with Crippen LogP contribution in [0.4, 0.5) is 9.52 Å². The van der Waals surface area contributed by atoms with Gasteiger partial charge in [0.05, 0.1) is 7.11 Å². The zero-order valence-corrected chi connectivity index (χ0v) is 16.2. The van der Waals surface area contributed by atoms with E-state index in [1.807, 2.05) is 38.1 Å². The molecule has 0 aliphatic carbocycles. The first-order valence-electron chi connectivity index (χ1n) is 8.53. The molecule has 2 aromatic carbocycles. The molecule has 1 heterocycles. The summed E-state index contributed by atoms with van der Waals surface area (Å²) in [6.07, 6.45) is 0. The number of nitrogens with zero attached hydrogens (tertiary/aromatic N) is 3. The van der Waals surface area contributed by atoms with Crippen molar-refractivity contribution >= 4 is 22.4 Å². The monoisotopic (exact) mass is 385 g/mol. The maximum Gasteiger partial charge on any atom is 0.260 e. The van der Waals surface area contributed by atoms with Crippen LogP contribution in [0, 0.1) is 11.7 Å². The van der Waals surface area contributed by atoms with Crippen molar-refractivity contribution in [3.8, 4) is 16.3 Å². The fourth-order valence-electron chi connectivity index (χ4n) is 2.57. The van der Waals surface area contributed by atoms with Gasteiger partial charge in [-0.1, -0.05) is 31.3 Å². The molecule has 0 aliphatic rings. The minimum absolute atomic E-state index is 0.218. The van der Waals surface area contributed by atoms with Gasteiger partial charge in [0.15, 0.2) is 0 Å². The first-order valence-corrected chi connectivity index (χ1v) is 9.35. The van der Waals surface area contributed by atoms with Gasteiger partial charge >= 0.3 is 0 Å². The van der Waals surface area contributed by atoms with Crippen LogP contribution < -0.4 is 9.64 Å². The highest BCUT2D eigenvalue weighted by atomic mass is 32.1. The summed E-state index contributed by atoms with van der Waals surface area (Å²) < 4.78 is 18.7. The van der Waals surface area contributed by atoms with E-state index in [1.54, 1.807) is 18.1 Å². The number of ether oxygens (including phenoxy) is 1. The molecule has 7 heteroatoms. The Morgan fingerprint density at radius 1 is 1.19 bits per heavy atom. The highest BCUT2D eigenvalue weighted by Gasteiger charge is 2.23. The number of hydrogen-bond donors (Lipinski definition) is 0. The standard InChI is InChI=1S/C20H20FN3O2S/c1-13(2)12-24(19(25)15-5-4-6-16(21)11-15)20-23-22-18(27-20)14-7-9-17(26-3)10-8-14/h4-11,13H,12H2,1-3H3. The van der Waals surface area contributed by atoms with Crippen LogP contribution in [0.2, 0.25) is 0 Å². The number of aromatic nitrogens is 2. The highest BCUT2D eigenvalue weighted by Crippen LogP contribution is 2.31. The molecule has 0 saturated heterocycles. The number of carbonyl (C=O) groups excluding carboxylic acids is 1. The molecule has 0 aliphatic heterocycles. The van der Waals surface area contributed by atoms with Gasteiger partial charge in [-0.15, -0.1) is 10.2 Å². The number of benzene rings is 2. The molecule has 1 aromatic heterocycles. The molecule has 5 nitrogen and oxygen atoms in total. The lowest BCUT2D eigenvalue weighted by Crippen LogP contribution is -2.34. The Morgan fingerprint density at radius 3 is 2.56 bits per heavy atom. The lowest BCUT2D eigenvalue weighted by Gasteiger charge is -2.21. The Bertz CT molecular complexity index is 925. The van der Waals surface area contributed by atoms with Crippen LogP contribution in [-0.4, -0.2) is 29.8 Å². The van der Waals surface area contributed by atoms with Gasteiger partial charge in [0.1, 0.15) is 16.6 Å². The summed E-state index contributed by atoms with van der Waals surface area (Å²) in [6.45, 7) is 4.49. The normalized spacial score (nSPS) is 10.9. The number of rotatable bonds is 6. The largest absolute Gasteiger partial charge is 0.497 e. The quantitative estimate of drug-likeness (QED) is 0.619. The predicted octanol–water partition coefficient (Wildman–Crippen LogP) is 4.66. The summed E-state index contributed by atoms with van der Waals surface area (Å²) in [5.41, 5.74) is 1.18. The van der Waals surface area contributed by atoms with E-state index >= 15 is 0 Å². The van der Waals surface area contributed by atoms with Gasteiger partial charge in [-0.3, -0.25) is 9.69 Å². The third-order valence-corrected chi connectivity index (χ3v) is 4.84. The molecule has 3 rings (SSSR count). The second-order valence-corrected chi connectivity index (χ2v) is 7.39. The molecular formula is C20H20FN3O2S. The van der Waals surface area contributed by atoms with Gasteiger partial charge in [-0.25, -0.2) is 4.39 Å². The minimum atomic E-state index is -0.443. The summed E-state index contributed by atoms with van der Waals surface area (Å²) in [5.74, 6) is 0.240. The van der Waals surface area contributed by atoms with E-state index < -0.39 is 5.82 Å². The van der Waals surface area contributed by atoms with Crippen molar-refractivity contribution in [2.45, 2.75) is 13.8 Å². The van der Waals surface area contributed by atoms with Crippen molar-refractivity contribution < 1.29 is 13.9 Å². The van der Waals surface area contributed by atoms with Gasteiger partial charge in [0, 0.05) is 17.7 Å². The van der Waals surface area contributed by atoms with Crippen LogP contribution in [0.1, 0.15) is 24.2 Å². The fraction of sp³-hybridized carbons (Fsp3) is 0.250. The molecule has 0 fully saturated rings. The molecule has 3 aromatic rings. The molecule has 0 radical (unpaired) electrons. The molecule has 0 spiro atoms. The molecule has 0 atom stereocenters. The number of halogens is 1. The molecule has 0 saturated carbocycles. The molecule has 0 unspecified atom stereocenters. The first kappa shape index (κ1) is 19.0. The molecule has 0 bridgehead atoms. The Labute approximate surface area is 161 Å². The van der Waals surface area contributed by atoms with Gasteiger partial charge in [-0.2, -0.15) is 0 Å². The van der Waals surface area contributed by atoms with Crippen LogP contribution in [0.3, 0.4) is 0 Å². The average molecular weight is 385 g/mol. The maximum absolute atomic E-state index is 13.5. The Morgan fingerprint density at radius 2 is 1.93 bits per heavy atom. The molecule has 1 amide bonds. The SMILES string of the molecule is COc1ccc(-c2nnc(N(CC(C)C)C(=O)c3cccc(F)c3)s2)cc1. The second kappa shape index (κ2) is 8.26. The van der Waals surface area contributed by atoms with Gasteiger partial charge in [0.25, 0.3) is 5.91 Å². The van der Waals surface area contributed by atoms with Crippen molar-refractivity contribution in [2.75, 3.05) is 18.6 Å². The second-order valence-electron chi connectivity index (χ2n) is 6.44. The van der Waals surface area contributed by atoms with Gasteiger partial charge in [-0.05, 0) is 48.4 Å². The van der Waals surface area contributed by atoms with Crippen LogP contribution in [0.15, 0.2) is 48.5 Å². The van der Waals surface area contributed by atoms with Gasteiger partial charge < -0.3 is 4.74 Å². The van der Waals surface area contributed by atoms with E-state index in [1.165, 1.54) is 29.5 Å². The van der Waals surface area contributed by atoms with E-state index in [0.29, 0.717) is 16.7 Å².